The van der Waals surface area contributed by atoms with E-state index in [1.807, 2.05) is 91.8 Å². The smallest absolute Gasteiger partial charge is 0.144 e. The van der Waals surface area contributed by atoms with E-state index in [-0.39, 0.29) is 5.75 Å². The van der Waals surface area contributed by atoms with Gasteiger partial charge in [0.1, 0.15) is 11.4 Å². The fourth-order valence-corrected chi connectivity index (χ4v) is 2.93. The molecule has 0 saturated carbocycles. The minimum atomic E-state index is -1.43. The van der Waals surface area contributed by atoms with Gasteiger partial charge < -0.3 is 15.1 Å². The molecule has 0 aliphatic carbocycles. The maximum absolute atomic E-state index is 11.7. The van der Waals surface area contributed by atoms with E-state index in [9.17, 15) is 10.2 Å². The number of hydrogen-bond acceptors (Lipinski definition) is 3. The fraction of sp³-hybridized carbons (Fsp3) is 0.143. The minimum absolute atomic E-state index is 0.0656. The van der Waals surface area contributed by atoms with Crippen LogP contribution in [0.4, 0.5) is 5.69 Å². The monoisotopic (exact) mass is 319 g/mol. The normalized spacial score (nSPS) is 11.3. The van der Waals surface area contributed by atoms with Gasteiger partial charge >= 0.3 is 0 Å². The Morgan fingerprint density at radius 1 is 0.750 bits per heavy atom. The SMILES string of the molecule is CN(C)c1ccc(O)c(C(O)(c2ccccc2)c2ccccc2)c1. The summed E-state index contributed by atoms with van der Waals surface area (Å²) in [4.78, 5) is 1.94. The summed E-state index contributed by atoms with van der Waals surface area (Å²) in [5.74, 6) is 0.0656. The van der Waals surface area contributed by atoms with E-state index in [0.717, 1.165) is 5.69 Å². The molecule has 0 aromatic heterocycles. The van der Waals surface area contributed by atoms with Gasteiger partial charge in [0.15, 0.2) is 0 Å². The van der Waals surface area contributed by atoms with E-state index in [2.05, 4.69) is 0 Å². The summed E-state index contributed by atoms with van der Waals surface area (Å²) in [5, 5.41) is 22.2. The van der Waals surface area contributed by atoms with Crippen molar-refractivity contribution in [2.45, 2.75) is 5.60 Å². The number of phenols is 1. The average Bonchev–Trinajstić information content (AvgIpc) is 2.62. The lowest BCUT2D eigenvalue weighted by molar-refractivity contribution is 0.122. The van der Waals surface area contributed by atoms with Gasteiger partial charge in [0.25, 0.3) is 0 Å². The first kappa shape index (κ1) is 16.1. The molecule has 0 amide bonds. The summed E-state index contributed by atoms with van der Waals surface area (Å²) in [6.07, 6.45) is 0. The predicted molar refractivity (Wildman–Crippen MR) is 97.4 cm³/mol. The second-order valence-electron chi connectivity index (χ2n) is 6.04. The van der Waals surface area contributed by atoms with E-state index in [1.54, 1.807) is 6.07 Å². The maximum atomic E-state index is 11.7. The number of anilines is 1. The van der Waals surface area contributed by atoms with Crippen LogP contribution in [0.15, 0.2) is 78.9 Å². The molecule has 0 radical (unpaired) electrons. The van der Waals surface area contributed by atoms with Gasteiger partial charge in [-0.05, 0) is 29.3 Å². The van der Waals surface area contributed by atoms with Crippen molar-refractivity contribution >= 4 is 5.69 Å². The van der Waals surface area contributed by atoms with Gasteiger partial charge in [0, 0.05) is 25.3 Å². The van der Waals surface area contributed by atoms with Crippen molar-refractivity contribution in [1.29, 1.82) is 0 Å². The molecule has 0 bridgehead atoms. The summed E-state index contributed by atoms with van der Waals surface area (Å²) >= 11 is 0. The number of rotatable bonds is 4. The highest BCUT2D eigenvalue weighted by Crippen LogP contribution is 2.42. The molecule has 0 fully saturated rings. The third-order valence-electron chi connectivity index (χ3n) is 4.27. The molecule has 0 heterocycles. The highest BCUT2D eigenvalue weighted by molar-refractivity contribution is 5.59. The molecule has 3 rings (SSSR count). The third-order valence-corrected chi connectivity index (χ3v) is 4.27. The zero-order valence-corrected chi connectivity index (χ0v) is 13.8. The van der Waals surface area contributed by atoms with Gasteiger partial charge in [0.05, 0.1) is 0 Å². The summed E-state index contributed by atoms with van der Waals surface area (Å²) in [7, 11) is 3.86. The zero-order chi connectivity index (χ0) is 17.2. The minimum Gasteiger partial charge on any atom is -0.508 e. The molecule has 3 heteroatoms. The van der Waals surface area contributed by atoms with Crippen molar-refractivity contribution in [2.75, 3.05) is 19.0 Å². The third kappa shape index (κ3) is 2.74. The molecule has 0 saturated heterocycles. The summed E-state index contributed by atoms with van der Waals surface area (Å²) < 4.78 is 0. The molecule has 2 N–H and O–H groups in total. The first-order valence-electron chi connectivity index (χ1n) is 7.87. The van der Waals surface area contributed by atoms with Gasteiger partial charge in [-0.15, -0.1) is 0 Å². The van der Waals surface area contributed by atoms with Crippen LogP contribution in [0.1, 0.15) is 16.7 Å². The molecule has 0 atom stereocenters. The molecule has 3 aromatic rings. The van der Waals surface area contributed by atoms with Crippen LogP contribution in [0.3, 0.4) is 0 Å². The Kier molecular flexibility index (Phi) is 4.28. The second kappa shape index (κ2) is 6.38. The first-order chi connectivity index (χ1) is 11.5. The average molecular weight is 319 g/mol. The lowest BCUT2D eigenvalue weighted by atomic mass is 9.80. The number of hydrogen-bond donors (Lipinski definition) is 2. The van der Waals surface area contributed by atoms with Crippen molar-refractivity contribution in [3.63, 3.8) is 0 Å². The van der Waals surface area contributed by atoms with Crippen molar-refractivity contribution in [3.05, 3.63) is 95.6 Å². The van der Waals surface area contributed by atoms with E-state index < -0.39 is 5.60 Å². The number of aromatic hydroxyl groups is 1. The Morgan fingerprint density at radius 2 is 1.25 bits per heavy atom. The van der Waals surface area contributed by atoms with Crippen LogP contribution in [0.5, 0.6) is 5.75 Å². The topological polar surface area (TPSA) is 43.7 Å². The van der Waals surface area contributed by atoms with E-state index in [1.165, 1.54) is 0 Å². The standard InChI is InChI=1S/C21H21NO2/c1-22(2)18-13-14-20(23)19(15-18)21(24,16-9-5-3-6-10-16)17-11-7-4-8-12-17/h3-15,23-24H,1-2H3. The fourth-order valence-electron chi connectivity index (χ4n) is 2.93. The van der Waals surface area contributed by atoms with Gasteiger partial charge in [-0.2, -0.15) is 0 Å². The lowest BCUT2D eigenvalue weighted by Gasteiger charge is -2.31. The molecule has 24 heavy (non-hydrogen) atoms. The van der Waals surface area contributed by atoms with Crippen LogP contribution >= 0.6 is 0 Å². The second-order valence-corrected chi connectivity index (χ2v) is 6.04. The van der Waals surface area contributed by atoms with Gasteiger partial charge in [0.2, 0.25) is 0 Å². The van der Waals surface area contributed by atoms with Crippen molar-refractivity contribution in [3.8, 4) is 5.75 Å². The Labute approximate surface area is 142 Å². The van der Waals surface area contributed by atoms with Crippen LogP contribution < -0.4 is 4.90 Å². The number of aliphatic hydroxyl groups is 1. The van der Waals surface area contributed by atoms with Gasteiger partial charge in [-0.25, -0.2) is 0 Å². The molecule has 3 aromatic carbocycles. The van der Waals surface area contributed by atoms with E-state index >= 15 is 0 Å². The first-order valence-corrected chi connectivity index (χ1v) is 7.87. The van der Waals surface area contributed by atoms with Crippen LogP contribution in [0.2, 0.25) is 0 Å². The number of nitrogens with zero attached hydrogens (tertiary/aromatic N) is 1. The molecule has 122 valence electrons. The molecular formula is C21H21NO2. The van der Waals surface area contributed by atoms with Gasteiger partial charge in [-0.3, -0.25) is 0 Å². The quantitative estimate of drug-likeness (QED) is 0.720. The highest BCUT2D eigenvalue weighted by Gasteiger charge is 2.36. The van der Waals surface area contributed by atoms with Gasteiger partial charge in [-0.1, -0.05) is 60.7 Å². The largest absolute Gasteiger partial charge is 0.508 e. The molecule has 3 nitrogen and oxygen atoms in total. The molecule has 0 aliphatic heterocycles. The number of benzene rings is 3. The van der Waals surface area contributed by atoms with Crippen LogP contribution in [0.25, 0.3) is 0 Å². The van der Waals surface area contributed by atoms with Crippen molar-refractivity contribution < 1.29 is 10.2 Å². The highest BCUT2D eigenvalue weighted by atomic mass is 16.3. The number of phenolic OH excluding ortho intramolecular Hbond substituents is 1. The molecule has 0 aliphatic rings. The summed E-state index contributed by atoms with van der Waals surface area (Å²) in [6, 6.07) is 24.1. The van der Waals surface area contributed by atoms with E-state index in [0.29, 0.717) is 16.7 Å². The summed E-state index contributed by atoms with van der Waals surface area (Å²) in [5.41, 5.74) is 1.36. The molecule has 0 unspecified atom stereocenters. The maximum Gasteiger partial charge on any atom is 0.144 e. The van der Waals surface area contributed by atoms with Crippen molar-refractivity contribution in [2.24, 2.45) is 0 Å². The molecule has 0 spiro atoms. The van der Waals surface area contributed by atoms with E-state index in [4.69, 9.17) is 0 Å². The predicted octanol–water partition coefficient (Wildman–Crippen LogP) is 3.74. The Morgan fingerprint density at radius 3 is 1.71 bits per heavy atom. The Balaban J connectivity index is 2.29. The lowest BCUT2D eigenvalue weighted by Crippen LogP contribution is -2.29. The summed E-state index contributed by atoms with van der Waals surface area (Å²) in [6.45, 7) is 0. The Bertz CT molecular complexity index is 774. The van der Waals surface area contributed by atoms with Crippen LogP contribution in [-0.2, 0) is 5.60 Å². The van der Waals surface area contributed by atoms with Crippen LogP contribution in [-0.4, -0.2) is 24.3 Å². The zero-order valence-electron chi connectivity index (χ0n) is 13.8. The van der Waals surface area contributed by atoms with Crippen molar-refractivity contribution in [1.82, 2.24) is 0 Å². The molecular weight excluding hydrogens is 298 g/mol. The van der Waals surface area contributed by atoms with Crippen LogP contribution in [0, 0.1) is 0 Å². The Hall–Kier alpha value is -2.78.